The first kappa shape index (κ1) is 29.4. The van der Waals surface area contributed by atoms with Crippen LogP contribution in [0.1, 0.15) is 71.3 Å². The number of hydrogen-bond donors (Lipinski definition) is 1. The lowest BCUT2D eigenvalue weighted by Gasteiger charge is -2.20. The van der Waals surface area contributed by atoms with Crippen molar-refractivity contribution >= 4 is 16.1 Å². The third kappa shape index (κ3) is 7.43. The van der Waals surface area contributed by atoms with Gasteiger partial charge in [0, 0.05) is 28.9 Å². The number of nitrogens with zero attached hydrogens (tertiary/aromatic N) is 2. The van der Waals surface area contributed by atoms with Crippen LogP contribution in [0.3, 0.4) is 0 Å². The van der Waals surface area contributed by atoms with E-state index in [1.807, 2.05) is 43.2 Å². The Hall–Kier alpha value is -3.20. The number of carbonyl (C=O) groups excluding carboxylic acids is 1. The van der Waals surface area contributed by atoms with Crippen LogP contribution < -0.4 is 4.72 Å². The van der Waals surface area contributed by atoms with E-state index in [1.54, 1.807) is 30.5 Å². The molecule has 0 bridgehead atoms. The molecule has 0 saturated heterocycles. The monoisotopic (exact) mass is 543 g/mol. The normalized spacial score (nSPS) is 12.1. The van der Waals surface area contributed by atoms with Crippen LogP contribution in [-0.4, -0.2) is 30.7 Å². The van der Waals surface area contributed by atoms with E-state index >= 15 is 4.39 Å². The van der Waals surface area contributed by atoms with Crippen LogP contribution in [0, 0.1) is 11.7 Å². The lowest BCUT2D eigenvalue weighted by Crippen LogP contribution is -2.31. The van der Waals surface area contributed by atoms with Crippen molar-refractivity contribution in [1.82, 2.24) is 14.3 Å². The highest BCUT2D eigenvalue weighted by Crippen LogP contribution is 2.31. The van der Waals surface area contributed by atoms with E-state index < -0.39 is 21.9 Å². The van der Waals surface area contributed by atoms with Gasteiger partial charge in [-0.15, -0.1) is 0 Å². The minimum Gasteiger partial charge on any atom is -0.449 e. The second-order valence-electron chi connectivity index (χ2n) is 11.0. The molecule has 7 nitrogen and oxygen atoms in total. The third-order valence-corrected chi connectivity index (χ3v) is 7.39. The number of nitrogens with one attached hydrogen (secondary N) is 1. The zero-order valence-electron chi connectivity index (χ0n) is 23.0. The molecule has 0 saturated carbocycles. The van der Waals surface area contributed by atoms with Crippen molar-refractivity contribution in [3.8, 4) is 11.1 Å². The van der Waals surface area contributed by atoms with Crippen LogP contribution in [-0.2, 0) is 33.1 Å². The van der Waals surface area contributed by atoms with Gasteiger partial charge in [0.25, 0.3) is 10.0 Å². The van der Waals surface area contributed by atoms with E-state index in [0.29, 0.717) is 35.6 Å². The molecule has 3 rings (SSSR count). The number of imidazole rings is 1. The van der Waals surface area contributed by atoms with E-state index in [4.69, 9.17) is 4.74 Å². The molecule has 1 N–H and O–H groups in total. The summed E-state index contributed by atoms with van der Waals surface area (Å²) in [6.07, 6.45) is 4.64. The van der Waals surface area contributed by atoms with Gasteiger partial charge in [0.15, 0.2) is 0 Å². The number of sulfonamides is 1. The maximum atomic E-state index is 15.4. The first-order valence-corrected chi connectivity index (χ1v) is 14.4. The summed E-state index contributed by atoms with van der Waals surface area (Å²) in [5.74, 6) is 0.719. The number of rotatable bonds is 10. The predicted octanol–water partition coefficient (Wildman–Crippen LogP) is 6.45. The quantitative estimate of drug-likeness (QED) is 0.297. The van der Waals surface area contributed by atoms with E-state index in [1.165, 1.54) is 12.1 Å². The van der Waals surface area contributed by atoms with Gasteiger partial charge in [0.1, 0.15) is 11.6 Å². The molecule has 0 spiro atoms. The standard InChI is InChI=1S/C29H38FN3O4S/c1-7-8-15-37-28(34)32-38(35,36)26-12-9-21(16-20(2)3)17-24(26)22-10-11-23(25(30)18-22)19-33-14-13-31-27(33)29(4,5)6/h9-14,17-18,20H,7-8,15-16,19H2,1-6H3,(H,32,34). The molecule has 0 atom stereocenters. The van der Waals surface area contributed by atoms with Crippen LogP contribution >= 0.6 is 0 Å². The number of ether oxygens (including phenoxy) is 1. The molecule has 0 radical (unpaired) electrons. The number of benzene rings is 2. The molecule has 1 heterocycles. The maximum Gasteiger partial charge on any atom is 0.421 e. The van der Waals surface area contributed by atoms with E-state index in [0.717, 1.165) is 24.2 Å². The van der Waals surface area contributed by atoms with Gasteiger partial charge in [-0.3, -0.25) is 0 Å². The average Bonchev–Trinajstić information content (AvgIpc) is 3.28. The molecular formula is C29H38FN3O4S. The highest BCUT2D eigenvalue weighted by Gasteiger charge is 2.24. The molecule has 1 amide bonds. The largest absolute Gasteiger partial charge is 0.449 e. The van der Waals surface area contributed by atoms with E-state index in [2.05, 4.69) is 18.8 Å². The van der Waals surface area contributed by atoms with Gasteiger partial charge in [0.05, 0.1) is 18.0 Å². The Morgan fingerprint density at radius 2 is 1.89 bits per heavy atom. The Bertz CT molecular complexity index is 1370. The Morgan fingerprint density at radius 1 is 1.16 bits per heavy atom. The molecule has 2 aromatic carbocycles. The molecule has 1 aromatic heterocycles. The molecule has 38 heavy (non-hydrogen) atoms. The molecule has 0 aliphatic rings. The fourth-order valence-corrected chi connectivity index (χ4v) is 5.35. The van der Waals surface area contributed by atoms with Crippen molar-refractivity contribution in [2.75, 3.05) is 6.61 Å². The van der Waals surface area contributed by atoms with Crippen LogP contribution in [0.5, 0.6) is 0 Å². The summed E-state index contributed by atoms with van der Waals surface area (Å²) >= 11 is 0. The van der Waals surface area contributed by atoms with Gasteiger partial charge in [-0.05, 0) is 48.1 Å². The SMILES string of the molecule is CCCCOC(=O)NS(=O)(=O)c1ccc(CC(C)C)cc1-c1ccc(Cn2ccnc2C(C)(C)C)c(F)c1. The number of hydrogen-bond acceptors (Lipinski definition) is 5. The van der Waals surface area contributed by atoms with Crippen molar-refractivity contribution in [1.29, 1.82) is 0 Å². The second-order valence-corrected chi connectivity index (χ2v) is 12.6. The fourth-order valence-electron chi connectivity index (χ4n) is 4.25. The molecule has 0 aliphatic heterocycles. The second kappa shape index (κ2) is 12.1. The molecular weight excluding hydrogens is 505 g/mol. The topological polar surface area (TPSA) is 90.3 Å². The van der Waals surface area contributed by atoms with Crippen molar-refractivity contribution in [3.63, 3.8) is 0 Å². The van der Waals surface area contributed by atoms with Gasteiger partial charge >= 0.3 is 6.09 Å². The first-order valence-electron chi connectivity index (χ1n) is 12.9. The molecule has 9 heteroatoms. The first-order chi connectivity index (χ1) is 17.8. The minimum absolute atomic E-state index is 0.116. The lowest BCUT2D eigenvalue weighted by atomic mass is 9.95. The van der Waals surface area contributed by atoms with Crippen LogP contribution in [0.4, 0.5) is 9.18 Å². The predicted molar refractivity (Wildman–Crippen MR) is 147 cm³/mol. The molecule has 0 unspecified atom stereocenters. The zero-order chi connectivity index (χ0) is 28.1. The highest BCUT2D eigenvalue weighted by atomic mass is 32.2. The minimum atomic E-state index is -4.27. The van der Waals surface area contributed by atoms with Gasteiger partial charge in [-0.2, -0.15) is 0 Å². The molecule has 3 aromatic rings. The van der Waals surface area contributed by atoms with Crippen molar-refractivity contribution in [3.05, 3.63) is 71.6 Å². The van der Waals surface area contributed by atoms with Crippen LogP contribution in [0.2, 0.25) is 0 Å². The third-order valence-electron chi connectivity index (χ3n) is 6.02. The Morgan fingerprint density at radius 3 is 2.53 bits per heavy atom. The number of aromatic nitrogens is 2. The summed E-state index contributed by atoms with van der Waals surface area (Å²) in [6.45, 7) is 12.6. The smallest absolute Gasteiger partial charge is 0.421 e. The Kier molecular flexibility index (Phi) is 9.35. The highest BCUT2D eigenvalue weighted by molar-refractivity contribution is 7.90. The van der Waals surface area contributed by atoms with E-state index in [-0.39, 0.29) is 16.9 Å². The van der Waals surface area contributed by atoms with Gasteiger partial charge in [-0.1, -0.05) is 66.2 Å². The fraction of sp³-hybridized carbons (Fsp3) is 0.448. The van der Waals surface area contributed by atoms with Crippen molar-refractivity contribution in [2.45, 2.75) is 77.7 Å². The summed E-state index contributed by atoms with van der Waals surface area (Å²) in [6, 6.07) is 9.64. The summed E-state index contributed by atoms with van der Waals surface area (Å²) in [7, 11) is -4.27. The van der Waals surface area contributed by atoms with Gasteiger partial charge < -0.3 is 9.30 Å². The summed E-state index contributed by atoms with van der Waals surface area (Å²) < 4.78 is 50.6. The summed E-state index contributed by atoms with van der Waals surface area (Å²) in [5.41, 5.74) is 1.89. The molecule has 0 fully saturated rings. The van der Waals surface area contributed by atoms with Gasteiger partial charge in [0.2, 0.25) is 0 Å². The Balaban J connectivity index is 1.99. The zero-order valence-corrected chi connectivity index (χ0v) is 23.9. The average molecular weight is 544 g/mol. The number of unbranched alkanes of at least 4 members (excludes halogenated alkanes) is 1. The Labute approximate surface area is 225 Å². The summed E-state index contributed by atoms with van der Waals surface area (Å²) in [4.78, 5) is 16.4. The number of amides is 1. The number of halogens is 1. The number of carbonyl (C=O) groups is 1. The molecule has 0 aliphatic carbocycles. The van der Waals surface area contributed by atoms with E-state index in [9.17, 15) is 13.2 Å². The summed E-state index contributed by atoms with van der Waals surface area (Å²) in [5, 5.41) is 0. The van der Waals surface area contributed by atoms with Crippen molar-refractivity contribution in [2.24, 2.45) is 5.92 Å². The lowest BCUT2D eigenvalue weighted by molar-refractivity contribution is 0.151. The maximum absolute atomic E-state index is 15.4. The van der Waals surface area contributed by atoms with Gasteiger partial charge in [-0.25, -0.2) is 27.3 Å². The van der Waals surface area contributed by atoms with Crippen molar-refractivity contribution < 1.29 is 22.3 Å². The molecule has 206 valence electrons. The van der Waals surface area contributed by atoms with Crippen LogP contribution in [0.25, 0.3) is 11.1 Å². The van der Waals surface area contributed by atoms with Crippen LogP contribution in [0.15, 0.2) is 53.7 Å².